The van der Waals surface area contributed by atoms with Gasteiger partial charge in [0.05, 0.1) is 6.07 Å². The van der Waals surface area contributed by atoms with Crippen molar-refractivity contribution >= 4 is 17.9 Å². The fraction of sp³-hybridized carbons (Fsp3) is 0.515. The number of benzene rings is 2. The number of rotatable bonds is 6. The second kappa shape index (κ2) is 12.3. The van der Waals surface area contributed by atoms with Crippen LogP contribution in [-0.4, -0.2) is 89.6 Å². The van der Waals surface area contributed by atoms with Crippen LogP contribution in [0.15, 0.2) is 42.5 Å². The van der Waals surface area contributed by atoms with E-state index in [-0.39, 0.29) is 24.3 Å². The highest BCUT2D eigenvalue weighted by atomic mass is 19.1. The second-order valence-corrected chi connectivity index (χ2v) is 12.9. The Labute approximate surface area is 252 Å². The molecule has 0 spiro atoms. The van der Waals surface area contributed by atoms with Crippen LogP contribution in [0.4, 0.5) is 9.18 Å². The summed E-state index contributed by atoms with van der Waals surface area (Å²) >= 11 is 0. The topological polar surface area (TPSA) is 106 Å². The molecule has 1 aliphatic carbocycles. The number of nitrogens with one attached hydrogen (secondary N) is 1. The van der Waals surface area contributed by atoms with Crippen LogP contribution in [0.25, 0.3) is 11.1 Å². The summed E-state index contributed by atoms with van der Waals surface area (Å²) in [6.45, 7) is 8.42. The van der Waals surface area contributed by atoms with Gasteiger partial charge in [-0.3, -0.25) is 14.5 Å². The summed E-state index contributed by atoms with van der Waals surface area (Å²) in [7, 11) is 2.04. The lowest BCUT2D eigenvalue weighted by atomic mass is 9.96. The Hall–Kier alpha value is -3.97. The van der Waals surface area contributed by atoms with Gasteiger partial charge in [-0.2, -0.15) is 5.26 Å². The summed E-state index contributed by atoms with van der Waals surface area (Å²) in [5, 5.41) is 12.6. The Morgan fingerprint density at radius 2 is 1.72 bits per heavy atom. The maximum absolute atomic E-state index is 15.2. The molecule has 3 fully saturated rings. The number of amides is 3. The molecule has 3 amide bonds. The van der Waals surface area contributed by atoms with E-state index in [0.29, 0.717) is 29.8 Å². The predicted molar refractivity (Wildman–Crippen MR) is 159 cm³/mol. The van der Waals surface area contributed by atoms with E-state index in [2.05, 4.69) is 16.3 Å². The molecule has 3 aliphatic rings. The van der Waals surface area contributed by atoms with Crippen molar-refractivity contribution in [2.45, 2.75) is 70.2 Å². The average molecular weight is 590 g/mol. The Kier molecular flexibility index (Phi) is 8.74. The first kappa shape index (κ1) is 30.5. The number of likely N-dealkylation sites (N-methyl/N-ethyl adjacent to an activating group) is 1. The van der Waals surface area contributed by atoms with Gasteiger partial charge in [-0.05, 0) is 87.9 Å². The van der Waals surface area contributed by atoms with E-state index in [0.717, 1.165) is 37.9 Å². The van der Waals surface area contributed by atoms with Crippen molar-refractivity contribution in [2.24, 2.45) is 5.92 Å². The fourth-order valence-electron chi connectivity index (χ4n) is 6.40. The minimum atomic E-state index is -0.965. The molecule has 2 aromatic rings. The van der Waals surface area contributed by atoms with E-state index < -0.39 is 35.5 Å². The molecule has 4 atom stereocenters. The lowest BCUT2D eigenvalue weighted by Crippen LogP contribution is -2.55. The molecule has 228 valence electrons. The summed E-state index contributed by atoms with van der Waals surface area (Å²) in [5.41, 5.74) is 1.62. The molecule has 2 aliphatic heterocycles. The highest BCUT2D eigenvalue weighted by Gasteiger charge is 2.52. The molecule has 10 heteroatoms. The quantitative estimate of drug-likeness (QED) is 0.541. The number of likely N-dealkylation sites (tertiary alicyclic amines) is 1. The number of carbonyl (C=O) groups excluding carboxylic acids is 3. The van der Waals surface area contributed by atoms with E-state index in [1.807, 2.05) is 24.1 Å². The number of carbonyl (C=O) groups is 3. The van der Waals surface area contributed by atoms with Gasteiger partial charge in [0.2, 0.25) is 5.91 Å². The smallest absolute Gasteiger partial charge is 0.411 e. The third-order valence-electron chi connectivity index (χ3n) is 8.66. The Morgan fingerprint density at radius 1 is 1.05 bits per heavy atom. The normalized spacial score (nSPS) is 22.7. The zero-order valence-electron chi connectivity index (χ0n) is 25.3. The van der Waals surface area contributed by atoms with Crippen LogP contribution in [0.5, 0.6) is 0 Å². The van der Waals surface area contributed by atoms with Gasteiger partial charge in [-0.15, -0.1) is 0 Å². The van der Waals surface area contributed by atoms with E-state index >= 15 is 4.39 Å². The number of piperazine rings is 1. The van der Waals surface area contributed by atoms with Gasteiger partial charge in [-0.25, -0.2) is 9.18 Å². The van der Waals surface area contributed by atoms with Gasteiger partial charge in [-0.1, -0.05) is 24.3 Å². The van der Waals surface area contributed by atoms with Crippen LogP contribution in [0.1, 0.15) is 56.0 Å². The van der Waals surface area contributed by atoms with Crippen molar-refractivity contribution in [3.8, 4) is 17.2 Å². The minimum absolute atomic E-state index is 0.00887. The zero-order chi connectivity index (χ0) is 30.9. The molecule has 2 saturated heterocycles. The van der Waals surface area contributed by atoms with Crippen molar-refractivity contribution in [1.82, 2.24) is 20.0 Å². The first-order valence-corrected chi connectivity index (χ1v) is 15.0. The predicted octanol–water partition coefficient (Wildman–Crippen LogP) is 4.22. The minimum Gasteiger partial charge on any atom is -0.444 e. The standard InChI is InChI=1S/C33H40FN5O4/c1-33(2,3)43-32(42)39-27-12-11-25(18-27)29(39)30(40)36-26(20-35)17-24-10-9-23(19-28(24)34)21-5-7-22(8-6-21)31(41)38-15-13-37(4)14-16-38/h5-10,19,25-27,29H,11-18H2,1-4H3,(H,36,40)/t25-,26-,27+,29-/m0/s1. The third-order valence-corrected chi connectivity index (χ3v) is 8.66. The van der Waals surface area contributed by atoms with Gasteiger partial charge in [0.15, 0.2) is 0 Å². The third kappa shape index (κ3) is 6.83. The monoisotopic (exact) mass is 589 g/mol. The molecular formula is C33H40FN5O4. The van der Waals surface area contributed by atoms with Crippen molar-refractivity contribution < 1.29 is 23.5 Å². The number of fused-ring (bicyclic) bond motifs is 2. The number of ether oxygens (including phenoxy) is 1. The van der Waals surface area contributed by atoms with Crippen LogP contribution >= 0.6 is 0 Å². The van der Waals surface area contributed by atoms with E-state index in [1.165, 1.54) is 11.0 Å². The number of nitriles is 1. The fourth-order valence-corrected chi connectivity index (χ4v) is 6.40. The van der Waals surface area contributed by atoms with Crippen LogP contribution in [0.2, 0.25) is 0 Å². The molecule has 0 unspecified atom stereocenters. The van der Waals surface area contributed by atoms with Crippen molar-refractivity contribution in [3.05, 3.63) is 59.4 Å². The summed E-state index contributed by atoms with van der Waals surface area (Å²) in [4.78, 5) is 44.7. The maximum atomic E-state index is 15.2. The Morgan fingerprint density at radius 3 is 2.35 bits per heavy atom. The van der Waals surface area contributed by atoms with Crippen molar-refractivity contribution in [2.75, 3.05) is 33.2 Å². The second-order valence-electron chi connectivity index (χ2n) is 12.9. The van der Waals surface area contributed by atoms with Gasteiger partial charge >= 0.3 is 6.09 Å². The molecule has 1 saturated carbocycles. The van der Waals surface area contributed by atoms with Crippen molar-refractivity contribution in [3.63, 3.8) is 0 Å². The molecule has 2 heterocycles. The molecule has 1 N–H and O–H groups in total. The van der Waals surface area contributed by atoms with Crippen LogP contribution in [0, 0.1) is 23.1 Å². The van der Waals surface area contributed by atoms with Gasteiger partial charge in [0.25, 0.3) is 5.91 Å². The average Bonchev–Trinajstić information content (AvgIpc) is 3.59. The number of hydrogen-bond donors (Lipinski definition) is 1. The number of halogens is 1. The largest absolute Gasteiger partial charge is 0.444 e. The first-order valence-electron chi connectivity index (χ1n) is 15.0. The summed E-state index contributed by atoms with van der Waals surface area (Å²) in [6, 6.07) is 12.3. The van der Waals surface area contributed by atoms with Gasteiger partial charge in [0.1, 0.15) is 23.5 Å². The molecule has 9 nitrogen and oxygen atoms in total. The van der Waals surface area contributed by atoms with E-state index in [1.54, 1.807) is 45.0 Å². The molecule has 5 rings (SSSR count). The lowest BCUT2D eigenvalue weighted by Gasteiger charge is -2.35. The number of piperidine rings is 1. The summed E-state index contributed by atoms with van der Waals surface area (Å²) < 4.78 is 20.8. The highest BCUT2D eigenvalue weighted by Crippen LogP contribution is 2.43. The molecular weight excluding hydrogens is 549 g/mol. The van der Waals surface area contributed by atoms with Crippen molar-refractivity contribution in [1.29, 1.82) is 5.26 Å². The summed E-state index contributed by atoms with van der Waals surface area (Å²) in [5.74, 6) is -0.894. The Balaban J connectivity index is 1.22. The first-order chi connectivity index (χ1) is 20.4. The van der Waals surface area contributed by atoms with Crippen LogP contribution < -0.4 is 5.32 Å². The van der Waals surface area contributed by atoms with Gasteiger partial charge in [0, 0.05) is 44.2 Å². The number of nitrogens with zero attached hydrogens (tertiary/aromatic N) is 4. The maximum Gasteiger partial charge on any atom is 0.411 e. The molecule has 0 aromatic heterocycles. The molecule has 43 heavy (non-hydrogen) atoms. The van der Waals surface area contributed by atoms with Crippen LogP contribution in [0.3, 0.4) is 0 Å². The Bertz CT molecular complexity index is 1410. The molecule has 0 radical (unpaired) electrons. The lowest BCUT2D eigenvalue weighted by molar-refractivity contribution is -0.128. The van der Waals surface area contributed by atoms with E-state index in [9.17, 15) is 19.6 Å². The molecule has 2 aromatic carbocycles. The number of hydrogen-bond acceptors (Lipinski definition) is 6. The SMILES string of the molecule is CN1CCN(C(=O)c2ccc(-c3ccc(C[C@@H](C#N)NC(=O)[C@@H]4[C@H]5CC[C@H](C5)N4C(=O)OC(C)(C)C)c(F)c3)cc2)CC1. The van der Waals surface area contributed by atoms with Gasteiger partial charge < -0.3 is 19.9 Å². The zero-order valence-corrected chi connectivity index (χ0v) is 25.3. The van der Waals surface area contributed by atoms with E-state index in [4.69, 9.17) is 4.74 Å². The molecule has 2 bridgehead atoms. The summed E-state index contributed by atoms with van der Waals surface area (Å²) in [6.07, 6.45) is 1.85. The highest BCUT2D eigenvalue weighted by molar-refractivity contribution is 5.94. The van der Waals surface area contributed by atoms with Crippen LogP contribution in [-0.2, 0) is 16.0 Å².